The highest BCUT2D eigenvalue weighted by Gasteiger charge is 2.20. The second-order valence-corrected chi connectivity index (χ2v) is 3.33. The molecule has 0 amide bonds. The topological polar surface area (TPSA) is 12.0 Å². The van der Waals surface area contributed by atoms with Crippen molar-refractivity contribution >= 4 is 12.6 Å². The van der Waals surface area contributed by atoms with Crippen molar-refractivity contribution in [1.29, 1.82) is 0 Å². The van der Waals surface area contributed by atoms with Gasteiger partial charge in [0.25, 0.3) is 0 Å². The molecule has 1 rings (SSSR count). The zero-order chi connectivity index (χ0) is 6.69. The summed E-state index contributed by atoms with van der Waals surface area (Å²) in [5.74, 6) is 0.832. The minimum absolute atomic E-state index is 0.438. The fourth-order valence-corrected chi connectivity index (χ4v) is 1.81. The summed E-state index contributed by atoms with van der Waals surface area (Å²) in [6.45, 7) is 0. The first-order chi connectivity index (χ1) is 4.34. The Kier molecular flexibility index (Phi) is 2.86. The number of nitrogens with one attached hydrogen (secondary N) is 1. The molecule has 1 fully saturated rings. The smallest absolute Gasteiger partial charge is 0.0528 e. The third kappa shape index (κ3) is 1.87. The average molecular weight is 145 g/mol. The van der Waals surface area contributed by atoms with Gasteiger partial charge < -0.3 is 5.32 Å². The van der Waals surface area contributed by atoms with Crippen LogP contribution in [0, 0.1) is 5.92 Å². The molecule has 2 heteroatoms. The van der Waals surface area contributed by atoms with Gasteiger partial charge in [0, 0.05) is 0 Å². The molecular formula is C7H15NS. The summed E-state index contributed by atoms with van der Waals surface area (Å²) in [4.78, 5) is 0. The zero-order valence-electron chi connectivity index (χ0n) is 5.93. The van der Waals surface area contributed by atoms with Crippen LogP contribution in [-0.2, 0) is 0 Å². The van der Waals surface area contributed by atoms with Crippen molar-refractivity contribution in [2.24, 2.45) is 5.92 Å². The Morgan fingerprint density at radius 1 is 1.44 bits per heavy atom. The normalized spacial score (nSPS) is 24.7. The highest BCUT2D eigenvalue weighted by Crippen LogP contribution is 2.28. The number of hydrogen-bond donors (Lipinski definition) is 2. The molecule has 0 aliphatic heterocycles. The van der Waals surface area contributed by atoms with Crippen LogP contribution in [-0.4, -0.2) is 12.4 Å². The minimum atomic E-state index is 0.438. The first-order valence-corrected chi connectivity index (χ1v) is 4.21. The molecule has 0 heterocycles. The molecule has 1 saturated carbocycles. The Morgan fingerprint density at radius 3 is 2.44 bits per heavy atom. The minimum Gasteiger partial charge on any atom is -0.308 e. The molecule has 1 unspecified atom stereocenters. The molecule has 0 aromatic heterocycles. The monoisotopic (exact) mass is 145 g/mol. The standard InChI is InChI=1S/C7H15NS/c1-8-7(9)6-4-2-3-5-6/h6-9H,2-5H2,1H3. The van der Waals surface area contributed by atoms with E-state index in [1.165, 1.54) is 25.7 Å². The van der Waals surface area contributed by atoms with E-state index >= 15 is 0 Å². The molecule has 54 valence electrons. The van der Waals surface area contributed by atoms with Crippen molar-refractivity contribution < 1.29 is 0 Å². The van der Waals surface area contributed by atoms with Gasteiger partial charge in [0.05, 0.1) is 5.37 Å². The maximum atomic E-state index is 4.41. The molecule has 1 aliphatic carbocycles. The summed E-state index contributed by atoms with van der Waals surface area (Å²) in [6.07, 6.45) is 5.55. The molecule has 0 aromatic carbocycles. The van der Waals surface area contributed by atoms with Crippen LogP contribution in [0.2, 0.25) is 0 Å². The third-order valence-corrected chi connectivity index (χ3v) is 2.82. The van der Waals surface area contributed by atoms with Gasteiger partial charge in [0.2, 0.25) is 0 Å². The SMILES string of the molecule is CNC(S)C1CCCC1. The molecule has 1 nitrogen and oxygen atoms in total. The summed E-state index contributed by atoms with van der Waals surface area (Å²) in [5, 5.41) is 3.61. The molecule has 1 N–H and O–H groups in total. The number of rotatable bonds is 2. The maximum absolute atomic E-state index is 4.41. The molecule has 0 radical (unpaired) electrons. The molecule has 1 aliphatic rings. The lowest BCUT2D eigenvalue weighted by molar-refractivity contribution is 0.484. The van der Waals surface area contributed by atoms with Crippen molar-refractivity contribution in [2.45, 2.75) is 31.1 Å². The first kappa shape index (κ1) is 7.42. The van der Waals surface area contributed by atoms with Gasteiger partial charge in [-0.05, 0) is 25.8 Å². The van der Waals surface area contributed by atoms with Crippen molar-refractivity contribution in [1.82, 2.24) is 5.32 Å². The van der Waals surface area contributed by atoms with E-state index in [9.17, 15) is 0 Å². The lowest BCUT2D eigenvalue weighted by Crippen LogP contribution is -2.26. The molecule has 0 saturated heterocycles. The predicted octanol–water partition coefficient (Wildman–Crippen LogP) is 1.65. The summed E-state index contributed by atoms with van der Waals surface area (Å²) >= 11 is 4.41. The molecule has 0 bridgehead atoms. The molecule has 0 spiro atoms. The van der Waals surface area contributed by atoms with Crippen LogP contribution in [0.25, 0.3) is 0 Å². The summed E-state index contributed by atoms with van der Waals surface area (Å²) in [6, 6.07) is 0. The lowest BCUT2D eigenvalue weighted by Gasteiger charge is -2.15. The Hall–Kier alpha value is 0.310. The van der Waals surface area contributed by atoms with Crippen LogP contribution in [0.3, 0.4) is 0 Å². The van der Waals surface area contributed by atoms with Crippen LogP contribution in [0.15, 0.2) is 0 Å². The predicted molar refractivity (Wildman–Crippen MR) is 43.8 cm³/mol. The van der Waals surface area contributed by atoms with Crippen molar-refractivity contribution in [3.63, 3.8) is 0 Å². The van der Waals surface area contributed by atoms with Crippen LogP contribution in [0.5, 0.6) is 0 Å². The van der Waals surface area contributed by atoms with Crippen molar-refractivity contribution in [3.05, 3.63) is 0 Å². The molecule has 0 aromatic rings. The van der Waals surface area contributed by atoms with Gasteiger partial charge in [-0.25, -0.2) is 0 Å². The maximum Gasteiger partial charge on any atom is 0.0528 e. The largest absolute Gasteiger partial charge is 0.308 e. The van der Waals surface area contributed by atoms with Gasteiger partial charge in [-0.1, -0.05) is 12.8 Å². The number of thiol groups is 1. The molecule has 9 heavy (non-hydrogen) atoms. The third-order valence-electron chi connectivity index (χ3n) is 2.14. The Labute approximate surface area is 62.6 Å². The molecule has 1 atom stereocenters. The van der Waals surface area contributed by atoms with Crippen LogP contribution < -0.4 is 5.32 Å². The summed E-state index contributed by atoms with van der Waals surface area (Å²) in [7, 11) is 1.98. The molecular weight excluding hydrogens is 130 g/mol. The highest BCUT2D eigenvalue weighted by atomic mass is 32.1. The van der Waals surface area contributed by atoms with Crippen molar-refractivity contribution in [2.75, 3.05) is 7.05 Å². The van der Waals surface area contributed by atoms with Gasteiger partial charge in [0.15, 0.2) is 0 Å². The first-order valence-electron chi connectivity index (χ1n) is 3.70. The fourth-order valence-electron chi connectivity index (χ4n) is 1.51. The van der Waals surface area contributed by atoms with Gasteiger partial charge in [-0.2, -0.15) is 12.6 Å². The van der Waals surface area contributed by atoms with E-state index in [0.29, 0.717) is 5.37 Å². The van der Waals surface area contributed by atoms with Gasteiger partial charge in [-0.15, -0.1) is 0 Å². The van der Waals surface area contributed by atoms with E-state index in [2.05, 4.69) is 17.9 Å². The van der Waals surface area contributed by atoms with Crippen molar-refractivity contribution in [3.8, 4) is 0 Å². The van der Waals surface area contributed by atoms with E-state index in [-0.39, 0.29) is 0 Å². The fraction of sp³-hybridized carbons (Fsp3) is 1.00. The van der Waals surface area contributed by atoms with E-state index in [1.807, 2.05) is 7.05 Å². The van der Waals surface area contributed by atoms with E-state index < -0.39 is 0 Å². The van der Waals surface area contributed by atoms with E-state index in [4.69, 9.17) is 0 Å². The van der Waals surface area contributed by atoms with Crippen LogP contribution in [0.4, 0.5) is 0 Å². The Bertz CT molecular complexity index is 79.0. The second-order valence-electron chi connectivity index (χ2n) is 2.78. The summed E-state index contributed by atoms with van der Waals surface area (Å²) < 4.78 is 0. The van der Waals surface area contributed by atoms with Crippen LogP contribution in [0.1, 0.15) is 25.7 Å². The van der Waals surface area contributed by atoms with E-state index in [0.717, 1.165) is 5.92 Å². The van der Waals surface area contributed by atoms with Gasteiger partial charge in [-0.3, -0.25) is 0 Å². The summed E-state index contributed by atoms with van der Waals surface area (Å²) in [5.41, 5.74) is 0. The zero-order valence-corrected chi connectivity index (χ0v) is 6.82. The average Bonchev–Trinajstić information content (AvgIpc) is 2.37. The highest BCUT2D eigenvalue weighted by molar-refractivity contribution is 7.80. The second kappa shape index (κ2) is 3.47. The van der Waals surface area contributed by atoms with Gasteiger partial charge in [0.1, 0.15) is 0 Å². The Morgan fingerprint density at radius 2 is 2.00 bits per heavy atom. The number of hydrogen-bond acceptors (Lipinski definition) is 2. The van der Waals surface area contributed by atoms with E-state index in [1.54, 1.807) is 0 Å². The lowest BCUT2D eigenvalue weighted by atomic mass is 10.1. The quantitative estimate of drug-likeness (QED) is 0.445. The van der Waals surface area contributed by atoms with Gasteiger partial charge >= 0.3 is 0 Å². The Balaban J connectivity index is 2.24. The van der Waals surface area contributed by atoms with Crippen LogP contribution >= 0.6 is 12.6 Å².